The van der Waals surface area contributed by atoms with Gasteiger partial charge in [-0.3, -0.25) is 56.6 Å². The Hall–Kier alpha value is -14.8. The lowest BCUT2D eigenvalue weighted by Crippen LogP contribution is -2.36. The minimum absolute atomic E-state index is 0.0887. The first kappa shape index (κ1) is 107. The lowest BCUT2D eigenvalue weighted by Gasteiger charge is -2.21. The van der Waals surface area contributed by atoms with E-state index in [2.05, 4.69) is 72.4 Å². The maximum Gasteiger partial charge on any atom is 0.296 e. The fraction of sp³-hybridized carbons (Fsp3) is 0.205. The monoisotopic (exact) mass is 2090 g/mol. The van der Waals surface area contributed by atoms with E-state index in [9.17, 15) is 124 Å². The van der Waals surface area contributed by atoms with Gasteiger partial charge in [0.25, 0.3) is 40.5 Å². The Bertz CT molecular complexity index is 6680. The van der Waals surface area contributed by atoms with E-state index < -0.39 is 297 Å². The van der Waals surface area contributed by atoms with E-state index in [-0.39, 0.29) is 77.5 Å². The van der Waals surface area contributed by atoms with Gasteiger partial charge in [0.15, 0.2) is 0 Å². The first-order valence-electron chi connectivity index (χ1n) is 40.2. The quantitative estimate of drug-likeness (QED) is 0.0241. The van der Waals surface area contributed by atoms with Gasteiger partial charge in [0.05, 0.1) is 31.0 Å². The highest BCUT2D eigenvalue weighted by atomic mass is 32.2. The van der Waals surface area contributed by atoms with Crippen LogP contribution < -0.4 is 88.4 Å². The van der Waals surface area contributed by atoms with Gasteiger partial charge in [0.2, 0.25) is 123 Å². The largest absolute Gasteiger partial charge is 0.370 e. The van der Waals surface area contributed by atoms with Crippen molar-refractivity contribution in [3.8, 4) is 11.1 Å². The highest BCUT2D eigenvalue weighted by molar-refractivity contribution is 7.90. The van der Waals surface area contributed by atoms with Crippen LogP contribution in [-0.4, -0.2) is 232 Å². The second-order valence-electron chi connectivity index (χ2n) is 29.8. The van der Waals surface area contributed by atoms with Gasteiger partial charge in [0, 0.05) is 160 Å². The van der Waals surface area contributed by atoms with Crippen LogP contribution in [-0.2, 0) is 119 Å². The fourth-order valence-corrected chi connectivity index (χ4v) is 21.4. The molecule has 0 bridgehead atoms. The number of nitrogens with two attached hydrogens (primary N) is 8. The number of sulfonamides is 4. The van der Waals surface area contributed by atoms with Gasteiger partial charge >= 0.3 is 0 Å². The Morgan fingerprint density at radius 2 is 0.379 bits per heavy atom. The first-order chi connectivity index (χ1) is 65.4. The molecule has 8 amide bonds. The maximum atomic E-state index is 13.8. The number of anilines is 16. The summed E-state index contributed by atoms with van der Waals surface area (Å²) in [4.78, 5) is 114. The molecule has 0 aliphatic carbocycles. The summed E-state index contributed by atoms with van der Waals surface area (Å²) in [5.74, 6) is -9.09. The summed E-state index contributed by atoms with van der Waals surface area (Å²) in [5.41, 5.74) is 38.9. The molecular weight excluding hydrogens is 2010 g/mol. The maximum absolute atomic E-state index is 13.8. The summed E-state index contributed by atoms with van der Waals surface area (Å²) in [7, 11) is -39.5. The molecule has 28 N–H and O–H groups in total. The number of rotatable bonds is 53. The molecule has 0 saturated carbocycles. The molecule has 62 heteroatoms. The van der Waals surface area contributed by atoms with Crippen molar-refractivity contribution in [2.45, 2.75) is 90.5 Å². The molecule has 0 aliphatic heterocycles. The predicted molar refractivity (Wildman–Crippen MR) is 501 cm³/mol. The summed E-state index contributed by atoms with van der Waals surface area (Å²) in [6.07, 6.45) is -3.36. The standard InChI is InChI=1S/C78H88N26O28S8/c79-65(105)25-33-101(34-26-66(80)106)133(113,114)53-13-1-45(2-14-53)89-73-95-74(90-46-3-15-54(16-4-46)134(115,116)102(35-27-67(81)107)36-28-68(82)108)98-77(97-73)93-51-11-23-59(63(43-51)139(127,128)129)87-49-9-21-57(61(41-49)137(121,122)123)58-22-10-50(42-62(58)138(124,125)126)88-60-24-12-52(44-64(60)140(130,131)132)94-78-99-75(91-47-5-17-55(18-6-47)135(117,118)103(37-29-69(83)109)38-30-70(84)110)96-76(100-78)92-48-7-19-56(20-8-48)136(119,120)104(39-31-71(85)111)40-32-72(86)112/h1-24,41-44,87-88H,25-40H2,(H2,79,105)(H2,80,106)(H2,81,107)(H2,82,108)(H2,83,109)(H2,84,110)(H2,85,111)(H2,86,112)(H,121,122,123)(H,124,125,126)(H,127,128,129)(H,130,131,132)(H3,89,90,93,95,97,98)(H3,91,92,94,96,99,100). The number of hydrogen-bond donors (Lipinski definition) is 20. The molecule has 746 valence electrons. The number of benzene rings is 8. The van der Waals surface area contributed by atoms with E-state index in [1.54, 1.807) is 0 Å². The molecule has 0 saturated heterocycles. The van der Waals surface area contributed by atoms with Crippen LogP contribution in [0.4, 0.5) is 92.6 Å². The summed E-state index contributed by atoms with van der Waals surface area (Å²) in [6, 6.07) is 30.4. The van der Waals surface area contributed by atoms with Crippen LogP contribution in [0.1, 0.15) is 51.4 Å². The van der Waals surface area contributed by atoms with Crippen molar-refractivity contribution >= 4 is 220 Å². The van der Waals surface area contributed by atoms with Crippen LogP contribution in [0.5, 0.6) is 0 Å². The zero-order valence-corrected chi connectivity index (χ0v) is 79.0. The first-order valence-corrected chi connectivity index (χ1v) is 51.8. The molecule has 2 aromatic heterocycles. The molecule has 0 unspecified atom stereocenters. The van der Waals surface area contributed by atoms with Gasteiger partial charge in [-0.1, -0.05) is 12.1 Å². The molecule has 0 aliphatic rings. The molecule has 10 aromatic rings. The molecule has 8 aromatic carbocycles. The van der Waals surface area contributed by atoms with Gasteiger partial charge in [-0.25, -0.2) is 33.7 Å². The molecular formula is C78H88N26O28S8. The van der Waals surface area contributed by atoms with Crippen LogP contribution in [0, 0.1) is 0 Å². The topological polar surface area (TPSA) is 885 Å². The zero-order valence-electron chi connectivity index (χ0n) is 72.4. The second-order valence-corrected chi connectivity index (χ2v) is 43.1. The molecule has 140 heavy (non-hydrogen) atoms. The summed E-state index contributed by atoms with van der Waals surface area (Å²) < 4.78 is 264. The highest BCUT2D eigenvalue weighted by Gasteiger charge is 2.33. The lowest BCUT2D eigenvalue weighted by atomic mass is 10.0. The minimum atomic E-state index is -5.54. The van der Waals surface area contributed by atoms with E-state index in [1.807, 2.05) is 0 Å². The van der Waals surface area contributed by atoms with Crippen molar-refractivity contribution in [3.63, 3.8) is 0 Å². The van der Waals surface area contributed by atoms with E-state index in [4.69, 9.17) is 45.9 Å². The Morgan fingerprint density at radius 1 is 0.221 bits per heavy atom. The third-order valence-corrected chi connectivity index (χ3v) is 30.7. The molecule has 0 spiro atoms. The van der Waals surface area contributed by atoms with Crippen LogP contribution in [0.2, 0.25) is 0 Å². The van der Waals surface area contributed by atoms with E-state index in [0.29, 0.717) is 12.1 Å². The van der Waals surface area contributed by atoms with Gasteiger partial charge < -0.3 is 88.4 Å². The van der Waals surface area contributed by atoms with Crippen LogP contribution >= 0.6 is 0 Å². The number of carbonyl (C=O) groups excluding carboxylic acids is 8. The van der Waals surface area contributed by atoms with Crippen molar-refractivity contribution < 1.29 is 124 Å². The van der Waals surface area contributed by atoms with Crippen LogP contribution in [0.3, 0.4) is 0 Å². The SMILES string of the molecule is NC(=O)CCN(CCC(N)=O)S(=O)(=O)c1ccc(Nc2nc(Nc3ccc(S(=O)(=O)N(CCC(N)=O)CCC(N)=O)cc3)nc(Nc3ccc(Nc4ccc(-c5ccc(Nc6ccc(Nc7nc(Nc8ccc(S(=O)(=O)N(CCC(N)=O)CCC(N)=O)cc8)nc(Nc8ccc(S(=O)(=O)N(CCC(N)=O)CCC(N)=O)cc8)n7)cc6S(=O)(=O)O)cc5S(=O)(=O)O)c(S(=O)(=O)O)c4)c(S(=O)(=O)O)c3)n2)cc1. The summed E-state index contributed by atoms with van der Waals surface area (Å²) in [5, 5.41) is 22.0. The zero-order chi connectivity index (χ0) is 103. The van der Waals surface area contributed by atoms with Gasteiger partial charge in [0.1, 0.15) is 19.6 Å². The third kappa shape index (κ3) is 29.6. The number of nitrogens with one attached hydrogen (secondary N) is 8. The van der Waals surface area contributed by atoms with E-state index >= 15 is 0 Å². The highest BCUT2D eigenvalue weighted by Crippen LogP contribution is 2.40. The predicted octanol–water partition coefficient (Wildman–Crippen LogP) is 1.63. The number of primary amides is 8. The lowest BCUT2D eigenvalue weighted by molar-refractivity contribution is -0.119. The smallest absolute Gasteiger partial charge is 0.296 e. The molecule has 2 heterocycles. The van der Waals surface area contributed by atoms with Crippen LogP contribution in [0.25, 0.3) is 11.1 Å². The van der Waals surface area contributed by atoms with Crippen molar-refractivity contribution in [1.29, 1.82) is 0 Å². The number of nitrogens with zero attached hydrogens (tertiary/aromatic N) is 10. The Kier molecular flexibility index (Phi) is 34.3. The molecule has 0 radical (unpaired) electrons. The normalized spacial score (nSPS) is 12.2. The molecule has 10 rings (SSSR count). The van der Waals surface area contributed by atoms with Crippen molar-refractivity contribution in [2.24, 2.45) is 45.9 Å². The molecule has 54 nitrogen and oxygen atoms in total. The Balaban J connectivity index is 0.940. The number of amides is 8. The Labute approximate surface area is 798 Å². The number of carbonyl (C=O) groups is 8. The summed E-state index contributed by atoms with van der Waals surface area (Å²) in [6.45, 7) is -3.34. The molecule has 0 atom stereocenters. The van der Waals surface area contributed by atoms with Gasteiger partial charge in [-0.05, 0) is 158 Å². The van der Waals surface area contributed by atoms with E-state index in [1.165, 1.54) is 60.7 Å². The Morgan fingerprint density at radius 3 is 0.557 bits per heavy atom. The van der Waals surface area contributed by atoms with Crippen molar-refractivity contribution in [2.75, 3.05) is 94.9 Å². The average molecular weight is 2090 g/mol. The van der Waals surface area contributed by atoms with Crippen molar-refractivity contribution in [3.05, 3.63) is 170 Å². The average Bonchev–Trinajstić information content (AvgIpc) is 0.761. The summed E-state index contributed by atoms with van der Waals surface area (Å²) >= 11 is 0. The van der Waals surface area contributed by atoms with Crippen LogP contribution in [0.15, 0.2) is 209 Å². The fourth-order valence-electron chi connectivity index (χ4n) is 12.8. The number of hydrogen-bond acceptors (Lipinski definition) is 38. The van der Waals surface area contributed by atoms with Crippen molar-refractivity contribution in [1.82, 2.24) is 47.1 Å². The van der Waals surface area contributed by atoms with Gasteiger partial charge in [-0.15, -0.1) is 0 Å². The van der Waals surface area contributed by atoms with Gasteiger partial charge in [-0.2, -0.15) is 80.8 Å². The number of aromatic nitrogens is 6. The molecule has 0 fully saturated rings. The van der Waals surface area contributed by atoms with E-state index in [0.717, 1.165) is 114 Å². The second kappa shape index (κ2) is 44.8. The third-order valence-electron chi connectivity index (χ3n) is 19.5. The minimum Gasteiger partial charge on any atom is -0.370 e.